The van der Waals surface area contributed by atoms with Gasteiger partial charge in [0.1, 0.15) is 6.67 Å². The highest BCUT2D eigenvalue weighted by Gasteiger charge is 2.12. The summed E-state index contributed by atoms with van der Waals surface area (Å²) in [6, 6.07) is 0. The molecule has 0 aliphatic carbocycles. The highest BCUT2D eigenvalue weighted by atomic mass is 16.7. The van der Waals surface area contributed by atoms with Gasteiger partial charge in [-0.2, -0.15) is 0 Å². The van der Waals surface area contributed by atoms with Crippen LogP contribution in [0.15, 0.2) is 0 Å². The van der Waals surface area contributed by atoms with E-state index in [2.05, 4.69) is 29.8 Å². The van der Waals surface area contributed by atoms with E-state index >= 15 is 0 Å². The summed E-state index contributed by atoms with van der Waals surface area (Å²) in [7, 11) is 0. The van der Waals surface area contributed by atoms with Gasteiger partial charge in [0.05, 0.1) is 6.54 Å². The number of nitro groups is 1. The average Bonchev–Trinajstić information content (AvgIpc) is 2.52. The molecule has 1 rings (SSSR count). The van der Waals surface area contributed by atoms with Crippen molar-refractivity contribution in [3.8, 4) is 0 Å². The second-order valence-corrected chi connectivity index (χ2v) is 5.95. The summed E-state index contributed by atoms with van der Waals surface area (Å²) < 4.78 is 0. The minimum atomic E-state index is -0.336. The lowest BCUT2D eigenvalue weighted by atomic mass is 10.1. The molecule has 1 aliphatic rings. The Hall–Kier alpha value is -0.920. The van der Waals surface area contributed by atoms with Crippen molar-refractivity contribution in [3.05, 3.63) is 10.1 Å². The van der Waals surface area contributed by atoms with Gasteiger partial charge in [0, 0.05) is 13.3 Å². The number of hydrogen-bond donors (Lipinski definition) is 3. The third-order valence-electron chi connectivity index (χ3n) is 3.75. The Morgan fingerprint density at radius 2 is 1.57 bits per heavy atom. The van der Waals surface area contributed by atoms with E-state index in [1.165, 1.54) is 43.5 Å². The zero-order valence-corrected chi connectivity index (χ0v) is 15.1. The summed E-state index contributed by atoms with van der Waals surface area (Å²) >= 11 is 0. The van der Waals surface area contributed by atoms with Gasteiger partial charge in [-0.1, -0.05) is 58.8 Å². The fraction of sp³-hybridized carbons (Fsp3) is 1.00. The topological polar surface area (TPSA) is 82.5 Å². The summed E-state index contributed by atoms with van der Waals surface area (Å²) in [6.07, 6.45) is 11.5. The Morgan fingerprint density at radius 1 is 0.913 bits per heavy atom. The lowest BCUT2D eigenvalue weighted by Crippen LogP contribution is -2.44. The summed E-state index contributed by atoms with van der Waals surface area (Å²) in [5.74, 6) is 0. The normalized spacial score (nSPS) is 17.4. The molecule has 0 aromatic heterocycles. The van der Waals surface area contributed by atoms with Crippen molar-refractivity contribution in [2.24, 2.45) is 0 Å². The van der Waals surface area contributed by atoms with E-state index in [4.69, 9.17) is 0 Å². The van der Waals surface area contributed by atoms with Crippen molar-refractivity contribution in [1.29, 1.82) is 0 Å². The standard InChI is InChI=1S/C8H19N5O2.C8H18/c14-13(15)12-5-3-1-2-4-9-6-10-7-11-8-12;1-3-5-7-8-6-4-2/h9-11H,1-8H2;3-8H2,1-2H3. The van der Waals surface area contributed by atoms with Crippen molar-refractivity contribution >= 4 is 0 Å². The van der Waals surface area contributed by atoms with E-state index in [0.717, 1.165) is 32.5 Å². The van der Waals surface area contributed by atoms with E-state index in [0.29, 0.717) is 19.9 Å². The molecular formula is C16H37N5O2. The van der Waals surface area contributed by atoms with E-state index in [-0.39, 0.29) is 5.03 Å². The van der Waals surface area contributed by atoms with Crippen molar-refractivity contribution in [2.45, 2.75) is 71.6 Å². The van der Waals surface area contributed by atoms with Crippen LogP contribution < -0.4 is 16.0 Å². The van der Waals surface area contributed by atoms with E-state index < -0.39 is 0 Å². The maximum atomic E-state index is 10.6. The number of hydrogen-bond acceptors (Lipinski definition) is 5. The fourth-order valence-corrected chi connectivity index (χ4v) is 2.31. The van der Waals surface area contributed by atoms with Gasteiger partial charge in [0.25, 0.3) is 0 Å². The maximum Gasteiger partial charge on any atom is 0.161 e. The Bertz CT molecular complexity index is 249. The van der Waals surface area contributed by atoms with Gasteiger partial charge in [-0.3, -0.25) is 10.6 Å². The highest BCUT2D eigenvalue weighted by molar-refractivity contribution is 4.53. The number of nitrogens with one attached hydrogen (secondary N) is 3. The van der Waals surface area contributed by atoms with E-state index in [9.17, 15) is 10.1 Å². The van der Waals surface area contributed by atoms with E-state index in [1.807, 2.05) is 0 Å². The molecule has 0 saturated carbocycles. The minimum Gasteiger partial charge on any atom is -0.304 e. The number of unbranched alkanes of at least 4 members (excludes halogenated alkanes) is 5. The molecule has 23 heavy (non-hydrogen) atoms. The molecular weight excluding hydrogens is 294 g/mol. The monoisotopic (exact) mass is 331 g/mol. The number of rotatable bonds is 6. The van der Waals surface area contributed by atoms with Crippen molar-refractivity contribution in [2.75, 3.05) is 33.1 Å². The molecule has 1 saturated heterocycles. The largest absolute Gasteiger partial charge is 0.304 e. The second kappa shape index (κ2) is 17.4. The van der Waals surface area contributed by atoms with Crippen LogP contribution in [-0.2, 0) is 0 Å². The first-order valence-corrected chi connectivity index (χ1v) is 9.23. The number of hydrazine groups is 1. The van der Waals surface area contributed by atoms with Crippen LogP contribution in [-0.4, -0.2) is 43.1 Å². The quantitative estimate of drug-likeness (QED) is 0.394. The van der Waals surface area contributed by atoms with Crippen LogP contribution >= 0.6 is 0 Å². The molecule has 1 aliphatic heterocycles. The van der Waals surface area contributed by atoms with Gasteiger partial charge in [-0.25, -0.2) is 10.1 Å². The Kier molecular flexibility index (Phi) is 16.7. The smallest absolute Gasteiger partial charge is 0.161 e. The Morgan fingerprint density at radius 3 is 2.17 bits per heavy atom. The molecule has 1 fully saturated rings. The predicted octanol–water partition coefficient (Wildman–Crippen LogP) is 2.67. The van der Waals surface area contributed by atoms with Gasteiger partial charge in [-0.15, -0.1) is 5.01 Å². The van der Waals surface area contributed by atoms with Crippen molar-refractivity contribution in [1.82, 2.24) is 21.0 Å². The second-order valence-electron chi connectivity index (χ2n) is 5.95. The fourth-order valence-electron chi connectivity index (χ4n) is 2.31. The molecule has 0 spiro atoms. The first-order chi connectivity index (χ1) is 11.2. The molecule has 0 aromatic rings. The molecule has 7 heteroatoms. The van der Waals surface area contributed by atoms with E-state index in [1.54, 1.807) is 0 Å². The molecule has 0 bridgehead atoms. The Labute approximate surface area is 141 Å². The average molecular weight is 332 g/mol. The van der Waals surface area contributed by atoms with Crippen LogP contribution in [0.3, 0.4) is 0 Å². The van der Waals surface area contributed by atoms with Gasteiger partial charge < -0.3 is 5.32 Å². The predicted molar refractivity (Wildman–Crippen MR) is 95.5 cm³/mol. The molecule has 0 aromatic carbocycles. The Balaban J connectivity index is 0.000000515. The van der Waals surface area contributed by atoms with Gasteiger partial charge in [-0.05, 0) is 19.4 Å². The molecule has 7 nitrogen and oxygen atoms in total. The molecule has 0 unspecified atom stereocenters. The molecule has 1 heterocycles. The molecule has 138 valence electrons. The van der Waals surface area contributed by atoms with Crippen LogP contribution in [0.2, 0.25) is 0 Å². The first-order valence-electron chi connectivity index (χ1n) is 9.23. The molecule has 0 atom stereocenters. The van der Waals surface area contributed by atoms with Gasteiger partial charge >= 0.3 is 0 Å². The van der Waals surface area contributed by atoms with Gasteiger partial charge in [0.2, 0.25) is 0 Å². The van der Waals surface area contributed by atoms with Crippen molar-refractivity contribution in [3.63, 3.8) is 0 Å². The lowest BCUT2D eigenvalue weighted by Gasteiger charge is -2.16. The van der Waals surface area contributed by atoms with Crippen LogP contribution in [0.4, 0.5) is 0 Å². The summed E-state index contributed by atoms with van der Waals surface area (Å²) in [5.41, 5.74) is 0. The third-order valence-corrected chi connectivity index (χ3v) is 3.75. The van der Waals surface area contributed by atoms with Crippen LogP contribution in [0.5, 0.6) is 0 Å². The molecule has 0 radical (unpaired) electrons. The zero-order chi connectivity index (χ0) is 17.2. The first kappa shape index (κ1) is 22.1. The number of nitrogens with zero attached hydrogens (tertiary/aromatic N) is 2. The highest BCUT2D eigenvalue weighted by Crippen LogP contribution is 2.03. The zero-order valence-electron chi connectivity index (χ0n) is 15.1. The SMILES string of the molecule is CCCCCCCC.O=[N+]([O-])N1CCCCCNCNCNC1. The third kappa shape index (κ3) is 15.7. The van der Waals surface area contributed by atoms with Crippen molar-refractivity contribution < 1.29 is 5.03 Å². The summed E-state index contributed by atoms with van der Waals surface area (Å²) in [5, 5.41) is 20.8. The molecule has 3 N–H and O–H groups in total. The van der Waals surface area contributed by atoms with Crippen LogP contribution in [0, 0.1) is 10.1 Å². The summed E-state index contributed by atoms with van der Waals surface area (Å²) in [6.45, 7) is 7.60. The van der Waals surface area contributed by atoms with Gasteiger partial charge in [0.15, 0.2) is 5.03 Å². The lowest BCUT2D eigenvalue weighted by molar-refractivity contribution is -0.656. The summed E-state index contributed by atoms with van der Waals surface area (Å²) in [4.78, 5) is 10.6. The van der Waals surface area contributed by atoms with Crippen LogP contribution in [0.25, 0.3) is 0 Å². The maximum absolute atomic E-state index is 10.6. The molecule has 0 amide bonds. The van der Waals surface area contributed by atoms with Crippen LogP contribution in [0.1, 0.15) is 71.6 Å². The minimum absolute atomic E-state index is 0.292.